The zero-order valence-electron chi connectivity index (χ0n) is 14.1. The Morgan fingerprint density at radius 1 is 1.17 bits per heavy atom. The van der Waals surface area contributed by atoms with E-state index in [9.17, 15) is 9.59 Å². The van der Waals surface area contributed by atoms with Crippen LogP contribution in [0.15, 0.2) is 24.3 Å². The molecule has 0 unspecified atom stereocenters. The lowest BCUT2D eigenvalue weighted by Gasteiger charge is -2.32. The van der Waals surface area contributed by atoms with Gasteiger partial charge < -0.3 is 10.2 Å². The van der Waals surface area contributed by atoms with Crippen LogP contribution in [0.5, 0.6) is 0 Å². The van der Waals surface area contributed by atoms with Crippen molar-refractivity contribution in [3.8, 4) is 0 Å². The lowest BCUT2D eigenvalue weighted by molar-refractivity contribution is -0.145. The molecule has 0 aromatic heterocycles. The van der Waals surface area contributed by atoms with E-state index < -0.39 is 5.41 Å². The molecule has 1 N–H and O–H groups in total. The Morgan fingerprint density at radius 3 is 2.35 bits per heavy atom. The van der Waals surface area contributed by atoms with Crippen LogP contribution in [0.1, 0.15) is 43.7 Å². The molecule has 124 valence electrons. The van der Waals surface area contributed by atoms with Crippen LogP contribution < -0.4 is 5.32 Å². The minimum absolute atomic E-state index is 0.0470. The predicted octanol–water partition coefficient (Wildman–Crippen LogP) is 2.65. The van der Waals surface area contributed by atoms with Gasteiger partial charge >= 0.3 is 0 Å². The highest BCUT2D eigenvalue weighted by atomic mass is 16.2. The Bertz CT molecular complexity index is 582. The molecule has 1 aliphatic carbocycles. The second-order valence-electron chi connectivity index (χ2n) is 7.23. The van der Waals surface area contributed by atoms with Crippen molar-refractivity contribution in [3.63, 3.8) is 0 Å². The average molecular weight is 314 g/mol. The number of carbonyl (C=O) groups excluding carboxylic acids is 2. The van der Waals surface area contributed by atoms with Crippen LogP contribution in [-0.2, 0) is 16.1 Å². The van der Waals surface area contributed by atoms with Gasteiger partial charge in [0.1, 0.15) is 5.41 Å². The van der Waals surface area contributed by atoms with Crippen LogP contribution >= 0.6 is 0 Å². The Morgan fingerprint density at radius 2 is 1.78 bits per heavy atom. The molecule has 1 aromatic rings. The number of benzene rings is 1. The molecule has 0 spiro atoms. The number of aryl methyl sites for hydroxylation is 1. The van der Waals surface area contributed by atoms with Crippen LogP contribution in [-0.4, -0.2) is 29.8 Å². The van der Waals surface area contributed by atoms with Crippen molar-refractivity contribution >= 4 is 11.8 Å². The van der Waals surface area contributed by atoms with Crippen LogP contribution in [0.4, 0.5) is 0 Å². The standard InChI is InChI=1S/C19H26N2O2/c1-14-3-5-16(6-4-14)13-20-17(22)19(9-10-19)18(23)21-11-7-15(2)8-12-21/h3-6,15H,7-13H2,1-2H3,(H,20,22). The molecular weight excluding hydrogens is 288 g/mol. The Hall–Kier alpha value is -1.84. The third kappa shape index (κ3) is 3.41. The molecule has 23 heavy (non-hydrogen) atoms. The molecule has 2 amide bonds. The average Bonchev–Trinajstić information content (AvgIpc) is 3.36. The van der Waals surface area contributed by atoms with E-state index in [1.165, 1.54) is 5.56 Å². The van der Waals surface area contributed by atoms with E-state index in [-0.39, 0.29) is 11.8 Å². The number of carbonyl (C=O) groups is 2. The summed E-state index contributed by atoms with van der Waals surface area (Å²) in [5.74, 6) is 0.636. The fourth-order valence-corrected chi connectivity index (χ4v) is 3.23. The van der Waals surface area contributed by atoms with E-state index >= 15 is 0 Å². The van der Waals surface area contributed by atoms with E-state index in [1.807, 2.05) is 36.1 Å². The highest BCUT2D eigenvalue weighted by Crippen LogP contribution is 2.48. The molecule has 0 radical (unpaired) electrons. The van der Waals surface area contributed by atoms with Gasteiger partial charge in [-0.05, 0) is 44.1 Å². The van der Waals surface area contributed by atoms with Crippen LogP contribution in [0.2, 0.25) is 0 Å². The number of piperidine rings is 1. The molecule has 4 heteroatoms. The van der Waals surface area contributed by atoms with E-state index in [4.69, 9.17) is 0 Å². The third-order valence-electron chi connectivity index (χ3n) is 5.24. The summed E-state index contributed by atoms with van der Waals surface area (Å²) in [6.45, 7) is 6.36. The summed E-state index contributed by atoms with van der Waals surface area (Å²) in [5, 5.41) is 2.96. The molecular formula is C19H26N2O2. The molecule has 3 rings (SSSR count). The van der Waals surface area contributed by atoms with Crippen molar-refractivity contribution in [1.82, 2.24) is 10.2 Å². The summed E-state index contributed by atoms with van der Waals surface area (Å²) in [6.07, 6.45) is 3.48. The molecule has 1 heterocycles. The Labute approximate surface area is 138 Å². The number of rotatable bonds is 4. The molecule has 2 fully saturated rings. The Balaban J connectivity index is 1.57. The molecule has 1 aromatic carbocycles. The van der Waals surface area contributed by atoms with Gasteiger partial charge in [-0.2, -0.15) is 0 Å². The lowest BCUT2D eigenvalue weighted by Crippen LogP contribution is -2.47. The summed E-state index contributed by atoms with van der Waals surface area (Å²) in [6, 6.07) is 8.11. The van der Waals surface area contributed by atoms with Crippen LogP contribution in [0, 0.1) is 18.3 Å². The van der Waals surface area contributed by atoms with E-state index in [2.05, 4.69) is 12.2 Å². The molecule has 1 aliphatic heterocycles. The van der Waals surface area contributed by atoms with Gasteiger partial charge in [0.05, 0.1) is 0 Å². The predicted molar refractivity (Wildman–Crippen MR) is 89.7 cm³/mol. The summed E-state index contributed by atoms with van der Waals surface area (Å²) in [7, 11) is 0. The van der Waals surface area contributed by atoms with Crippen LogP contribution in [0.25, 0.3) is 0 Å². The number of hydrogen-bond acceptors (Lipinski definition) is 2. The second kappa shape index (κ2) is 6.34. The fraction of sp³-hybridized carbons (Fsp3) is 0.579. The highest BCUT2D eigenvalue weighted by molar-refractivity contribution is 6.07. The number of amides is 2. The minimum Gasteiger partial charge on any atom is -0.351 e. The maximum absolute atomic E-state index is 12.8. The number of nitrogens with zero attached hydrogens (tertiary/aromatic N) is 1. The molecule has 1 saturated carbocycles. The molecule has 0 atom stereocenters. The quantitative estimate of drug-likeness (QED) is 0.869. The first-order chi connectivity index (χ1) is 11.0. The van der Waals surface area contributed by atoms with Gasteiger partial charge in [-0.15, -0.1) is 0 Å². The van der Waals surface area contributed by atoms with Gasteiger partial charge in [0.2, 0.25) is 11.8 Å². The van der Waals surface area contributed by atoms with Crippen molar-refractivity contribution in [2.45, 2.75) is 46.1 Å². The van der Waals surface area contributed by atoms with Crippen molar-refractivity contribution in [2.75, 3.05) is 13.1 Å². The molecule has 2 aliphatic rings. The summed E-state index contributed by atoms with van der Waals surface area (Å²) in [4.78, 5) is 27.2. The summed E-state index contributed by atoms with van der Waals surface area (Å²) in [5.41, 5.74) is 1.50. The molecule has 1 saturated heterocycles. The molecule has 0 bridgehead atoms. The monoisotopic (exact) mass is 314 g/mol. The third-order valence-corrected chi connectivity index (χ3v) is 5.24. The van der Waals surface area contributed by atoms with E-state index in [0.29, 0.717) is 25.3 Å². The number of likely N-dealkylation sites (tertiary alicyclic amines) is 1. The normalized spacial score (nSPS) is 20.2. The van der Waals surface area contributed by atoms with E-state index in [1.54, 1.807) is 0 Å². The lowest BCUT2D eigenvalue weighted by atomic mass is 9.96. The van der Waals surface area contributed by atoms with Gasteiger partial charge in [0.25, 0.3) is 0 Å². The van der Waals surface area contributed by atoms with Gasteiger partial charge in [-0.25, -0.2) is 0 Å². The number of hydrogen-bond donors (Lipinski definition) is 1. The minimum atomic E-state index is -0.773. The first-order valence-corrected chi connectivity index (χ1v) is 8.64. The Kier molecular flexibility index (Phi) is 4.42. The van der Waals surface area contributed by atoms with Crippen molar-refractivity contribution in [2.24, 2.45) is 11.3 Å². The van der Waals surface area contributed by atoms with Gasteiger partial charge in [-0.1, -0.05) is 36.8 Å². The van der Waals surface area contributed by atoms with Gasteiger partial charge in [-0.3, -0.25) is 9.59 Å². The molecule has 4 nitrogen and oxygen atoms in total. The fourth-order valence-electron chi connectivity index (χ4n) is 3.23. The zero-order chi connectivity index (χ0) is 16.4. The number of nitrogens with one attached hydrogen (secondary N) is 1. The zero-order valence-corrected chi connectivity index (χ0v) is 14.1. The van der Waals surface area contributed by atoms with Gasteiger partial charge in [0, 0.05) is 19.6 Å². The largest absolute Gasteiger partial charge is 0.351 e. The maximum Gasteiger partial charge on any atom is 0.238 e. The van der Waals surface area contributed by atoms with Crippen molar-refractivity contribution < 1.29 is 9.59 Å². The topological polar surface area (TPSA) is 49.4 Å². The highest BCUT2D eigenvalue weighted by Gasteiger charge is 2.57. The maximum atomic E-state index is 12.8. The van der Waals surface area contributed by atoms with E-state index in [0.717, 1.165) is 31.5 Å². The van der Waals surface area contributed by atoms with Crippen molar-refractivity contribution in [1.29, 1.82) is 0 Å². The summed E-state index contributed by atoms with van der Waals surface area (Å²) >= 11 is 0. The summed E-state index contributed by atoms with van der Waals surface area (Å²) < 4.78 is 0. The SMILES string of the molecule is Cc1ccc(CNC(=O)C2(C(=O)N3CCC(C)CC3)CC2)cc1. The second-order valence-corrected chi connectivity index (χ2v) is 7.23. The smallest absolute Gasteiger partial charge is 0.238 e. The van der Waals surface area contributed by atoms with Gasteiger partial charge in [0.15, 0.2) is 0 Å². The first-order valence-electron chi connectivity index (χ1n) is 8.64. The van der Waals surface area contributed by atoms with Crippen LogP contribution in [0.3, 0.4) is 0 Å². The first kappa shape index (κ1) is 16.0. The van der Waals surface area contributed by atoms with Crippen molar-refractivity contribution in [3.05, 3.63) is 35.4 Å².